The van der Waals surface area contributed by atoms with Gasteiger partial charge in [0.2, 0.25) is 5.91 Å². The van der Waals surface area contributed by atoms with Crippen LogP contribution in [0, 0.1) is 17.1 Å². The maximum Gasteiger partial charge on any atom is 0.316 e. The molecule has 31 heavy (non-hydrogen) atoms. The van der Waals surface area contributed by atoms with Crippen LogP contribution in [0.4, 0.5) is 10.1 Å². The van der Waals surface area contributed by atoms with Gasteiger partial charge in [-0.2, -0.15) is 5.26 Å². The lowest BCUT2D eigenvalue weighted by atomic mass is 9.99. The third-order valence-electron chi connectivity index (χ3n) is 4.31. The molecule has 3 aromatic carbocycles. The summed E-state index contributed by atoms with van der Waals surface area (Å²) >= 11 is 1.09. The van der Waals surface area contributed by atoms with Crippen LogP contribution in [-0.2, 0) is 20.9 Å². The Hall–Kier alpha value is -3.63. The Morgan fingerprint density at radius 1 is 0.968 bits per heavy atom. The Morgan fingerprint density at radius 2 is 1.68 bits per heavy atom. The van der Waals surface area contributed by atoms with Crippen LogP contribution in [0.25, 0.3) is 11.1 Å². The second kappa shape index (κ2) is 11.0. The van der Waals surface area contributed by atoms with Gasteiger partial charge in [-0.05, 0) is 34.9 Å². The van der Waals surface area contributed by atoms with E-state index < -0.39 is 17.7 Å². The zero-order chi connectivity index (χ0) is 22.1. The van der Waals surface area contributed by atoms with Gasteiger partial charge in [-0.3, -0.25) is 9.59 Å². The fourth-order valence-electron chi connectivity index (χ4n) is 2.79. The molecule has 0 saturated heterocycles. The van der Waals surface area contributed by atoms with Crippen molar-refractivity contribution < 1.29 is 18.7 Å². The molecule has 0 saturated carbocycles. The molecule has 7 heteroatoms. The van der Waals surface area contributed by atoms with E-state index in [-0.39, 0.29) is 23.8 Å². The number of nitrogens with zero attached hydrogens (tertiary/aromatic N) is 1. The molecule has 1 amide bonds. The number of carbonyl (C=O) groups excluding carboxylic acids is 2. The maximum atomic E-state index is 13.5. The van der Waals surface area contributed by atoms with E-state index in [4.69, 9.17) is 4.74 Å². The monoisotopic (exact) mass is 434 g/mol. The fraction of sp³-hybridized carbons (Fsp3) is 0.125. The molecule has 0 fully saturated rings. The number of anilines is 1. The molecule has 0 spiro atoms. The molecule has 0 bridgehead atoms. The van der Waals surface area contributed by atoms with Crippen LogP contribution in [0.15, 0.2) is 72.8 Å². The number of esters is 1. The van der Waals surface area contributed by atoms with Gasteiger partial charge >= 0.3 is 5.97 Å². The maximum absolute atomic E-state index is 13.5. The fourth-order valence-corrected chi connectivity index (χ4v) is 3.40. The van der Waals surface area contributed by atoms with Crippen molar-refractivity contribution in [2.45, 2.75) is 6.61 Å². The normalized spacial score (nSPS) is 10.2. The number of nitriles is 1. The van der Waals surface area contributed by atoms with E-state index in [1.807, 2.05) is 42.5 Å². The molecule has 0 aliphatic carbocycles. The highest BCUT2D eigenvalue weighted by Gasteiger charge is 2.10. The predicted octanol–water partition coefficient (Wildman–Crippen LogP) is 4.78. The van der Waals surface area contributed by atoms with Crippen molar-refractivity contribution in [3.63, 3.8) is 0 Å². The van der Waals surface area contributed by atoms with Crippen molar-refractivity contribution in [2.24, 2.45) is 0 Å². The number of amides is 1. The molecule has 0 atom stereocenters. The first-order valence-electron chi connectivity index (χ1n) is 9.43. The third-order valence-corrected chi connectivity index (χ3v) is 5.22. The third kappa shape index (κ3) is 6.43. The number of rotatable bonds is 8. The lowest BCUT2D eigenvalue weighted by Crippen LogP contribution is -2.17. The summed E-state index contributed by atoms with van der Waals surface area (Å²) in [5, 5.41) is 11.7. The van der Waals surface area contributed by atoms with Crippen LogP contribution >= 0.6 is 11.8 Å². The molecule has 0 aliphatic heterocycles. The van der Waals surface area contributed by atoms with Gasteiger partial charge in [-0.15, -0.1) is 11.8 Å². The molecule has 0 radical (unpaired) electrons. The van der Waals surface area contributed by atoms with Crippen LogP contribution in [0.2, 0.25) is 0 Å². The highest BCUT2D eigenvalue weighted by molar-refractivity contribution is 8.00. The van der Waals surface area contributed by atoms with E-state index in [1.54, 1.807) is 12.1 Å². The lowest BCUT2D eigenvalue weighted by Gasteiger charge is -2.08. The summed E-state index contributed by atoms with van der Waals surface area (Å²) in [6.45, 7) is 0.112. The molecule has 0 heterocycles. The minimum Gasteiger partial charge on any atom is -0.460 e. The first kappa shape index (κ1) is 22.1. The lowest BCUT2D eigenvalue weighted by molar-refractivity contribution is -0.141. The summed E-state index contributed by atoms with van der Waals surface area (Å²) in [4.78, 5) is 23.8. The number of hydrogen-bond donors (Lipinski definition) is 1. The minimum absolute atomic E-state index is 0.0104. The summed E-state index contributed by atoms with van der Waals surface area (Å²) < 4.78 is 18.7. The molecule has 0 aliphatic rings. The Balaban J connectivity index is 1.42. The summed E-state index contributed by atoms with van der Waals surface area (Å²) in [7, 11) is 0. The number of carbonyl (C=O) groups is 2. The quantitative estimate of drug-likeness (QED) is 0.516. The van der Waals surface area contributed by atoms with Crippen molar-refractivity contribution in [1.29, 1.82) is 5.26 Å². The highest BCUT2D eigenvalue weighted by atomic mass is 32.2. The van der Waals surface area contributed by atoms with Gasteiger partial charge in [-0.1, -0.05) is 54.6 Å². The van der Waals surface area contributed by atoms with Crippen LogP contribution < -0.4 is 5.32 Å². The first-order valence-corrected chi connectivity index (χ1v) is 10.6. The average Bonchev–Trinajstić information content (AvgIpc) is 2.79. The number of hydrogen-bond acceptors (Lipinski definition) is 5. The summed E-state index contributed by atoms with van der Waals surface area (Å²) in [6.07, 6.45) is 0. The number of benzene rings is 3. The summed E-state index contributed by atoms with van der Waals surface area (Å²) in [5.41, 5.74) is 3.27. The van der Waals surface area contributed by atoms with Gasteiger partial charge in [0.15, 0.2) is 0 Å². The first-order chi connectivity index (χ1) is 15.1. The van der Waals surface area contributed by atoms with Gasteiger partial charge in [0.05, 0.1) is 28.8 Å². The van der Waals surface area contributed by atoms with Crippen molar-refractivity contribution in [3.05, 3.63) is 89.7 Å². The molecule has 1 N–H and O–H groups in total. The second-order valence-electron chi connectivity index (χ2n) is 6.54. The van der Waals surface area contributed by atoms with Gasteiger partial charge in [0.1, 0.15) is 12.4 Å². The van der Waals surface area contributed by atoms with E-state index in [2.05, 4.69) is 11.4 Å². The predicted molar refractivity (Wildman–Crippen MR) is 119 cm³/mol. The van der Waals surface area contributed by atoms with Crippen LogP contribution in [-0.4, -0.2) is 23.4 Å². The number of ether oxygens (including phenoxy) is 1. The van der Waals surface area contributed by atoms with Gasteiger partial charge in [-0.25, -0.2) is 4.39 Å². The number of halogens is 1. The van der Waals surface area contributed by atoms with Crippen LogP contribution in [0.3, 0.4) is 0 Å². The zero-order valence-electron chi connectivity index (χ0n) is 16.5. The van der Waals surface area contributed by atoms with E-state index in [0.29, 0.717) is 5.56 Å². The van der Waals surface area contributed by atoms with E-state index >= 15 is 0 Å². The number of nitrogens with one attached hydrogen (secondary N) is 1. The molecule has 3 aromatic rings. The molecule has 0 unspecified atom stereocenters. The van der Waals surface area contributed by atoms with Gasteiger partial charge < -0.3 is 10.1 Å². The van der Waals surface area contributed by atoms with Crippen molar-refractivity contribution in [2.75, 3.05) is 16.8 Å². The second-order valence-corrected chi connectivity index (χ2v) is 7.52. The Kier molecular flexibility index (Phi) is 7.79. The Labute approximate surface area is 183 Å². The van der Waals surface area contributed by atoms with Gasteiger partial charge in [0, 0.05) is 0 Å². The molecule has 156 valence electrons. The molecule has 0 aromatic heterocycles. The molecule has 5 nitrogen and oxygen atoms in total. The van der Waals surface area contributed by atoms with Crippen LogP contribution in [0.5, 0.6) is 0 Å². The average molecular weight is 434 g/mol. The highest BCUT2D eigenvalue weighted by Crippen LogP contribution is 2.23. The number of para-hydroxylation sites is 1. The summed E-state index contributed by atoms with van der Waals surface area (Å²) in [5.74, 6) is -1.32. The minimum atomic E-state index is -0.512. The zero-order valence-corrected chi connectivity index (χ0v) is 17.3. The SMILES string of the molecule is N#Cc1ccccc1-c1ccc(COC(=O)CSCC(=O)Nc2ccccc2F)cc1. The number of thioether (sulfide) groups is 1. The van der Waals surface area contributed by atoms with Crippen molar-refractivity contribution >= 4 is 29.3 Å². The van der Waals surface area contributed by atoms with E-state index in [1.165, 1.54) is 18.2 Å². The van der Waals surface area contributed by atoms with Gasteiger partial charge in [0.25, 0.3) is 0 Å². The van der Waals surface area contributed by atoms with Crippen molar-refractivity contribution in [1.82, 2.24) is 0 Å². The summed E-state index contributed by atoms with van der Waals surface area (Å²) in [6, 6.07) is 22.8. The molecular formula is C24H19FN2O3S. The molecular weight excluding hydrogens is 415 g/mol. The largest absolute Gasteiger partial charge is 0.460 e. The van der Waals surface area contributed by atoms with E-state index in [9.17, 15) is 19.2 Å². The Bertz CT molecular complexity index is 1110. The molecule has 3 rings (SSSR count). The topological polar surface area (TPSA) is 79.2 Å². The van der Waals surface area contributed by atoms with E-state index in [0.717, 1.165) is 28.5 Å². The van der Waals surface area contributed by atoms with Crippen LogP contribution in [0.1, 0.15) is 11.1 Å². The Morgan fingerprint density at radius 3 is 2.42 bits per heavy atom. The standard InChI is InChI=1S/C24H19FN2O3S/c25-21-7-3-4-8-22(21)27-23(28)15-31-16-24(29)30-14-17-9-11-18(12-10-17)20-6-2-1-5-19(20)13-26/h1-12H,14-16H2,(H,27,28). The smallest absolute Gasteiger partial charge is 0.316 e. The van der Waals surface area contributed by atoms with Crippen molar-refractivity contribution in [3.8, 4) is 17.2 Å².